The summed E-state index contributed by atoms with van der Waals surface area (Å²) < 4.78 is 0. The third-order valence-corrected chi connectivity index (χ3v) is 4.36. The maximum atomic E-state index is 12.7. The molecule has 0 radical (unpaired) electrons. The van der Waals surface area contributed by atoms with E-state index in [4.69, 9.17) is 5.73 Å². The number of rotatable bonds is 3. The van der Waals surface area contributed by atoms with Crippen LogP contribution in [0.25, 0.3) is 0 Å². The van der Waals surface area contributed by atoms with Crippen LogP contribution in [0.5, 0.6) is 0 Å². The molecule has 1 aromatic carbocycles. The van der Waals surface area contributed by atoms with Crippen molar-refractivity contribution >= 4 is 5.91 Å². The summed E-state index contributed by atoms with van der Waals surface area (Å²) in [6.45, 7) is 4.69. The minimum absolute atomic E-state index is 0.131. The van der Waals surface area contributed by atoms with Crippen molar-refractivity contribution in [1.82, 2.24) is 4.90 Å². The fourth-order valence-corrected chi connectivity index (χ4v) is 3.11. The topological polar surface area (TPSA) is 46.3 Å². The number of amides is 1. The highest BCUT2D eigenvalue weighted by Gasteiger charge is 2.32. The van der Waals surface area contributed by atoms with Gasteiger partial charge in [0.25, 0.3) is 5.91 Å². The van der Waals surface area contributed by atoms with Crippen LogP contribution in [-0.2, 0) is 0 Å². The van der Waals surface area contributed by atoms with E-state index in [-0.39, 0.29) is 5.91 Å². The number of hydrogen-bond donors (Lipinski definition) is 1. The molecule has 1 aromatic rings. The van der Waals surface area contributed by atoms with Crippen LogP contribution in [0.3, 0.4) is 0 Å². The van der Waals surface area contributed by atoms with Crippen LogP contribution in [0.15, 0.2) is 18.2 Å². The molecule has 2 N–H and O–H groups in total. The SMILES string of the molecule is Cc1ccc(C)c(C(=O)N(C)C2CCCC2CN)c1. The molecule has 3 heteroatoms. The van der Waals surface area contributed by atoms with Gasteiger partial charge in [0, 0.05) is 18.7 Å². The number of carbonyl (C=O) groups excluding carboxylic acids is 1. The van der Waals surface area contributed by atoms with Gasteiger partial charge in [0.05, 0.1) is 0 Å². The van der Waals surface area contributed by atoms with E-state index in [0.29, 0.717) is 18.5 Å². The second kappa shape index (κ2) is 5.74. The molecule has 0 aliphatic heterocycles. The van der Waals surface area contributed by atoms with E-state index in [2.05, 4.69) is 0 Å². The molecule has 2 atom stereocenters. The first-order chi connectivity index (χ1) is 9.04. The number of nitrogens with two attached hydrogens (primary N) is 1. The lowest BCUT2D eigenvalue weighted by atomic mass is 10.00. The van der Waals surface area contributed by atoms with Crippen molar-refractivity contribution in [3.63, 3.8) is 0 Å². The Kier molecular flexibility index (Phi) is 4.25. The first-order valence-corrected chi connectivity index (χ1v) is 7.09. The molecule has 0 heterocycles. The van der Waals surface area contributed by atoms with E-state index >= 15 is 0 Å². The molecule has 0 aromatic heterocycles. The Morgan fingerprint density at radius 2 is 2.11 bits per heavy atom. The number of hydrogen-bond acceptors (Lipinski definition) is 2. The zero-order valence-corrected chi connectivity index (χ0v) is 12.1. The van der Waals surface area contributed by atoms with Gasteiger partial charge in [-0.2, -0.15) is 0 Å². The standard InChI is InChI=1S/C16H24N2O/c1-11-7-8-12(2)14(9-11)16(19)18(3)15-6-4-5-13(15)10-17/h7-9,13,15H,4-6,10,17H2,1-3H3. The molecule has 0 bridgehead atoms. The lowest BCUT2D eigenvalue weighted by molar-refractivity contribution is 0.0699. The van der Waals surface area contributed by atoms with Crippen molar-refractivity contribution in [2.75, 3.05) is 13.6 Å². The highest BCUT2D eigenvalue weighted by molar-refractivity contribution is 5.95. The number of aryl methyl sites for hydroxylation is 2. The van der Waals surface area contributed by atoms with E-state index in [1.165, 1.54) is 6.42 Å². The third kappa shape index (κ3) is 2.81. The highest BCUT2D eigenvalue weighted by atomic mass is 16.2. The van der Waals surface area contributed by atoms with Crippen molar-refractivity contribution in [2.45, 2.75) is 39.2 Å². The summed E-state index contributed by atoms with van der Waals surface area (Å²) in [5.41, 5.74) is 8.82. The number of nitrogens with zero attached hydrogens (tertiary/aromatic N) is 1. The lowest BCUT2D eigenvalue weighted by Crippen LogP contribution is -2.41. The predicted octanol–water partition coefficient (Wildman–Crippen LogP) is 2.50. The van der Waals surface area contributed by atoms with Crippen molar-refractivity contribution in [2.24, 2.45) is 11.7 Å². The Labute approximate surface area is 115 Å². The number of carbonyl (C=O) groups is 1. The molecule has 3 nitrogen and oxygen atoms in total. The van der Waals surface area contributed by atoms with Crippen molar-refractivity contribution in [3.8, 4) is 0 Å². The summed E-state index contributed by atoms with van der Waals surface area (Å²) in [6.07, 6.45) is 3.40. The minimum atomic E-state index is 0.131. The van der Waals surface area contributed by atoms with Crippen molar-refractivity contribution in [3.05, 3.63) is 34.9 Å². The molecule has 2 unspecified atom stereocenters. The van der Waals surface area contributed by atoms with Crippen LogP contribution < -0.4 is 5.73 Å². The van der Waals surface area contributed by atoms with E-state index in [1.54, 1.807) is 0 Å². The van der Waals surface area contributed by atoms with Crippen LogP contribution in [0.1, 0.15) is 40.7 Å². The van der Waals surface area contributed by atoms with E-state index < -0.39 is 0 Å². The Morgan fingerprint density at radius 3 is 2.79 bits per heavy atom. The Morgan fingerprint density at radius 1 is 1.37 bits per heavy atom. The molecule has 1 aliphatic rings. The second-order valence-corrected chi connectivity index (χ2v) is 5.73. The highest BCUT2D eigenvalue weighted by Crippen LogP contribution is 2.29. The van der Waals surface area contributed by atoms with Crippen molar-refractivity contribution in [1.29, 1.82) is 0 Å². The molecule has 1 amide bonds. The summed E-state index contributed by atoms with van der Waals surface area (Å²) in [4.78, 5) is 14.6. The largest absolute Gasteiger partial charge is 0.338 e. The van der Waals surface area contributed by atoms with Crippen LogP contribution in [-0.4, -0.2) is 30.4 Å². The predicted molar refractivity (Wildman–Crippen MR) is 78.2 cm³/mol. The zero-order valence-electron chi connectivity index (χ0n) is 12.1. The van der Waals surface area contributed by atoms with Gasteiger partial charge in [0.2, 0.25) is 0 Å². The average Bonchev–Trinajstić information content (AvgIpc) is 2.88. The molecule has 2 rings (SSSR count). The maximum Gasteiger partial charge on any atom is 0.254 e. The molecule has 104 valence electrons. The quantitative estimate of drug-likeness (QED) is 0.907. The van der Waals surface area contributed by atoms with Gasteiger partial charge in [0.1, 0.15) is 0 Å². The molecule has 1 fully saturated rings. The third-order valence-electron chi connectivity index (χ3n) is 4.36. The summed E-state index contributed by atoms with van der Waals surface area (Å²) in [5, 5.41) is 0. The first kappa shape index (κ1) is 14.1. The van der Waals surface area contributed by atoms with Gasteiger partial charge in [-0.05, 0) is 50.8 Å². The number of benzene rings is 1. The maximum absolute atomic E-state index is 12.7. The fourth-order valence-electron chi connectivity index (χ4n) is 3.11. The summed E-state index contributed by atoms with van der Waals surface area (Å²) in [6, 6.07) is 6.36. The second-order valence-electron chi connectivity index (χ2n) is 5.73. The minimum Gasteiger partial charge on any atom is -0.338 e. The van der Waals surface area contributed by atoms with Gasteiger partial charge in [-0.25, -0.2) is 0 Å². The first-order valence-electron chi connectivity index (χ1n) is 7.09. The summed E-state index contributed by atoms with van der Waals surface area (Å²) in [5.74, 6) is 0.589. The van der Waals surface area contributed by atoms with Crippen LogP contribution >= 0.6 is 0 Å². The normalized spacial score (nSPS) is 22.5. The Hall–Kier alpha value is -1.35. The summed E-state index contributed by atoms with van der Waals surface area (Å²) in [7, 11) is 1.92. The molecule has 1 saturated carbocycles. The lowest BCUT2D eigenvalue weighted by Gasteiger charge is -2.29. The van der Waals surface area contributed by atoms with Gasteiger partial charge in [0.15, 0.2) is 0 Å². The molecule has 19 heavy (non-hydrogen) atoms. The Bertz CT molecular complexity index is 470. The van der Waals surface area contributed by atoms with Crippen molar-refractivity contribution < 1.29 is 4.79 Å². The van der Waals surface area contributed by atoms with Gasteiger partial charge < -0.3 is 10.6 Å². The van der Waals surface area contributed by atoms with Gasteiger partial charge in [-0.1, -0.05) is 24.1 Å². The monoisotopic (exact) mass is 260 g/mol. The molecule has 0 spiro atoms. The van der Waals surface area contributed by atoms with Crippen LogP contribution in [0.2, 0.25) is 0 Å². The van der Waals surface area contributed by atoms with Gasteiger partial charge in [-0.3, -0.25) is 4.79 Å². The molecular weight excluding hydrogens is 236 g/mol. The molecule has 0 saturated heterocycles. The van der Waals surface area contributed by atoms with Gasteiger partial charge >= 0.3 is 0 Å². The summed E-state index contributed by atoms with van der Waals surface area (Å²) >= 11 is 0. The van der Waals surface area contributed by atoms with E-state index in [0.717, 1.165) is 29.5 Å². The van der Waals surface area contributed by atoms with E-state index in [9.17, 15) is 4.79 Å². The average molecular weight is 260 g/mol. The van der Waals surface area contributed by atoms with E-state index in [1.807, 2.05) is 44.0 Å². The Balaban J connectivity index is 2.21. The van der Waals surface area contributed by atoms with Crippen LogP contribution in [0.4, 0.5) is 0 Å². The molecule has 1 aliphatic carbocycles. The van der Waals surface area contributed by atoms with Crippen LogP contribution in [0, 0.1) is 19.8 Å². The molecular formula is C16H24N2O. The van der Waals surface area contributed by atoms with Gasteiger partial charge in [-0.15, -0.1) is 0 Å². The fraction of sp³-hybridized carbons (Fsp3) is 0.562. The smallest absolute Gasteiger partial charge is 0.254 e. The zero-order chi connectivity index (χ0) is 14.0.